The third-order valence-electron chi connectivity index (χ3n) is 14.0. The average molecular weight is 853 g/mol. The van der Waals surface area contributed by atoms with E-state index in [1.807, 2.05) is 30.3 Å². The lowest BCUT2D eigenvalue weighted by Gasteiger charge is -2.53. The summed E-state index contributed by atoms with van der Waals surface area (Å²) in [5.41, 5.74) is 5.11. The summed E-state index contributed by atoms with van der Waals surface area (Å²) in [4.78, 5) is 52.8. The minimum absolute atomic E-state index is 0.00640. The van der Waals surface area contributed by atoms with E-state index in [-0.39, 0.29) is 50.3 Å². The first-order valence-electron chi connectivity index (χ1n) is 22.6. The summed E-state index contributed by atoms with van der Waals surface area (Å²) in [7, 11) is 0. The fourth-order valence-electron chi connectivity index (χ4n) is 10.6. The number of carbonyl (C=O) groups excluding carboxylic acids is 4. The van der Waals surface area contributed by atoms with Gasteiger partial charge in [0.1, 0.15) is 23.9 Å². The van der Waals surface area contributed by atoms with Crippen molar-refractivity contribution in [1.82, 2.24) is 10.6 Å². The van der Waals surface area contributed by atoms with Crippen LogP contribution in [-0.2, 0) is 50.9 Å². The topological polar surface area (TPSA) is 162 Å². The Balaban J connectivity index is 0.932. The highest BCUT2D eigenvalue weighted by atomic mass is 16.8. The molecule has 12 heteroatoms. The molecular weight excluding hydrogens is 789 g/mol. The molecule has 1 unspecified atom stereocenters. The van der Waals surface area contributed by atoms with Crippen LogP contribution < -0.4 is 10.6 Å². The van der Waals surface area contributed by atoms with Crippen LogP contribution in [0.5, 0.6) is 0 Å². The van der Waals surface area contributed by atoms with Crippen molar-refractivity contribution in [2.24, 2.45) is 17.3 Å². The van der Waals surface area contributed by atoms with Gasteiger partial charge in [-0.3, -0.25) is 14.4 Å². The van der Waals surface area contributed by atoms with E-state index < -0.39 is 53.6 Å². The van der Waals surface area contributed by atoms with Gasteiger partial charge in [-0.25, -0.2) is 4.79 Å². The molecule has 12 nitrogen and oxygen atoms in total. The van der Waals surface area contributed by atoms with Crippen LogP contribution in [0.2, 0.25) is 0 Å². The van der Waals surface area contributed by atoms with Gasteiger partial charge in [-0.05, 0) is 118 Å². The van der Waals surface area contributed by atoms with E-state index in [0.29, 0.717) is 47.3 Å². The Bertz CT molecular complexity index is 2090. The molecule has 2 aromatic rings. The maximum Gasteiger partial charge on any atom is 0.338 e. The van der Waals surface area contributed by atoms with Gasteiger partial charge >= 0.3 is 11.9 Å². The van der Waals surface area contributed by atoms with Crippen LogP contribution >= 0.6 is 0 Å². The highest BCUT2D eigenvalue weighted by Crippen LogP contribution is 2.60. The summed E-state index contributed by atoms with van der Waals surface area (Å²) < 4.78 is 31.2. The second-order valence-corrected chi connectivity index (χ2v) is 20.4. The van der Waals surface area contributed by atoms with Crippen molar-refractivity contribution in [3.05, 3.63) is 88.0 Å². The first-order chi connectivity index (χ1) is 29.4. The van der Waals surface area contributed by atoms with E-state index in [2.05, 4.69) is 49.6 Å². The molecule has 62 heavy (non-hydrogen) atoms. The van der Waals surface area contributed by atoms with Crippen molar-refractivity contribution < 1.29 is 48.0 Å². The number of benzene rings is 2. The Kier molecular flexibility index (Phi) is 12.4. The molecule has 2 amide bonds. The van der Waals surface area contributed by atoms with Crippen LogP contribution in [0.15, 0.2) is 65.8 Å². The molecule has 8 rings (SSSR count). The van der Waals surface area contributed by atoms with Crippen molar-refractivity contribution in [2.45, 2.75) is 160 Å². The van der Waals surface area contributed by atoms with Gasteiger partial charge in [0.15, 0.2) is 5.79 Å². The molecule has 0 bridgehead atoms. The van der Waals surface area contributed by atoms with Gasteiger partial charge in [0, 0.05) is 44.2 Å². The quantitative estimate of drug-likeness (QED) is 0.155. The third kappa shape index (κ3) is 9.88. The number of fused-ring (bicyclic) bond motifs is 4. The number of ether oxygens (including phenoxy) is 5. The number of aliphatic hydroxyl groups excluding tert-OH is 1. The smallest absolute Gasteiger partial charge is 0.338 e. The molecule has 2 aromatic carbocycles. The first kappa shape index (κ1) is 44.3. The summed E-state index contributed by atoms with van der Waals surface area (Å²) >= 11 is 0. The van der Waals surface area contributed by atoms with Gasteiger partial charge in [0.25, 0.3) is 0 Å². The molecule has 2 heterocycles. The van der Waals surface area contributed by atoms with Gasteiger partial charge in [-0.15, -0.1) is 0 Å². The molecule has 8 atom stereocenters. The number of allylic oxidation sites excluding steroid dienone is 1. The number of epoxide rings is 1. The lowest BCUT2D eigenvalue weighted by atomic mass is 9.52. The lowest BCUT2D eigenvalue weighted by Crippen LogP contribution is -2.45. The fraction of sp³-hybridized carbons (Fsp3) is 0.600. The Morgan fingerprint density at radius 2 is 1.73 bits per heavy atom. The zero-order valence-corrected chi connectivity index (χ0v) is 37.1. The number of hydrogen-bond acceptors (Lipinski definition) is 10. The van der Waals surface area contributed by atoms with Gasteiger partial charge in [-0.1, -0.05) is 61.9 Å². The Morgan fingerprint density at radius 1 is 0.968 bits per heavy atom. The lowest BCUT2D eigenvalue weighted by molar-refractivity contribution is -0.172. The maximum atomic E-state index is 14.1. The summed E-state index contributed by atoms with van der Waals surface area (Å²) in [6.45, 7) is 12.0. The third-order valence-corrected chi connectivity index (χ3v) is 14.0. The van der Waals surface area contributed by atoms with E-state index in [1.54, 1.807) is 32.9 Å². The van der Waals surface area contributed by atoms with Crippen molar-refractivity contribution in [1.29, 1.82) is 0 Å². The first-order valence-corrected chi connectivity index (χ1v) is 22.6. The largest absolute Gasteiger partial charge is 0.460 e. The van der Waals surface area contributed by atoms with Gasteiger partial charge < -0.3 is 39.4 Å². The fourth-order valence-corrected chi connectivity index (χ4v) is 10.6. The zero-order valence-electron chi connectivity index (χ0n) is 37.1. The number of nitrogens with one attached hydrogen (secondary N) is 2. The van der Waals surface area contributed by atoms with Crippen molar-refractivity contribution in [2.75, 3.05) is 13.2 Å². The minimum atomic E-state index is -0.948. The standard InChI is InChI=1S/C50H64N2O10/c1-47(2,3)61-43(55)17-15-36(29-53)52-42(54)19-21-51-45(56)35-24-39(44-40(25-35)59-50(62-44)26-33-11-7-8-12-34(33)27-50)58-46(57)32-13-9-10-30(23-32)22-31-14-16-41-49(6,60-41)20-18-38-37(31)28-48(38,4)5/h7-13,22-23,25,36-41,44,53H,14-21,24,26-29H2,1-6H3,(H,51,56)(H,52,54)/t36-,37+,38+,39+,40+,41?,44-,49+/m0/s1. The van der Waals surface area contributed by atoms with Crippen LogP contribution in [-0.4, -0.2) is 89.5 Å². The van der Waals surface area contributed by atoms with E-state index >= 15 is 0 Å². The predicted molar refractivity (Wildman–Crippen MR) is 231 cm³/mol. The molecule has 0 radical (unpaired) electrons. The van der Waals surface area contributed by atoms with Crippen molar-refractivity contribution in [3.8, 4) is 0 Å². The van der Waals surface area contributed by atoms with Crippen LogP contribution in [0.1, 0.15) is 126 Å². The molecule has 2 saturated heterocycles. The summed E-state index contributed by atoms with van der Waals surface area (Å²) in [5, 5.41) is 15.4. The highest BCUT2D eigenvalue weighted by molar-refractivity contribution is 5.94. The summed E-state index contributed by atoms with van der Waals surface area (Å²) in [5.74, 6) is -1.53. The SMILES string of the molecule is CC(C)(C)OC(=O)CC[C@@H](CO)NC(=O)CCNC(=O)C1=C[C@H]2OC3(Cc4ccccc4C3)O[C@H]2[C@H](OC(=O)c2cccc(C=C3CCC4O[C@]4(C)CC[C@@H]4[C@@H]3CC4(C)C)c2)C1. The van der Waals surface area contributed by atoms with Crippen LogP contribution in [0.4, 0.5) is 0 Å². The number of esters is 2. The number of carbonyl (C=O) groups is 4. The van der Waals surface area contributed by atoms with Crippen LogP contribution in [0.25, 0.3) is 6.08 Å². The number of amides is 2. The maximum absolute atomic E-state index is 14.1. The highest BCUT2D eigenvalue weighted by Gasteiger charge is 2.57. The van der Waals surface area contributed by atoms with E-state index in [1.165, 1.54) is 5.57 Å². The van der Waals surface area contributed by atoms with Gasteiger partial charge in [0.05, 0.1) is 29.9 Å². The number of hydrogen-bond donors (Lipinski definition) is 3. The van der Waals surface area contributed by atoms with E-state index in [0.717, 1.165) is 48.8 Å². The average Bonchev–Trinajstić information content (AvgIpc) is 3.50. The second-order valence-electron chi connectivity index (χ2n) is 20.4. The molecule has 4 aliphatic carbocycles. The minimum Gasteiger partial charge on any atom is -0.460 e. The summed E-state index contributed by atoms with van der Waals surface area (Å²) in [6.07, 6.45) is 9.02. The van der Waals surface area contributed by atoms with E-state index in [4.69, 9.17) is 23.7 Å². The van der Waals surface area contributed by atoms with Crippen LogP contribution in [0.3, 0.4) is 0 Å². The Labute approximate surface area is 365 Å². The number of aliphatic hydroxyl groups is 1. The molecule has 1 spiro atoms. The molecule has 2 aliphatic heterocycles. The molecule has 0 aromatic heterocycles. The van der Waals surface area contributed by atoms with Gasteiger partial charge in [0.2, 0.25) is 11.8 Å². The molecule has 6 aliphatic rings. The number of rotatable bonds is 12. The molecule has 2 saturated carbocycles. The molecule has 4 fully saturated rings. The molecular formula is C50H64N2O10. The van der Waals surface area contributed by atoms with Crippen molar-refractivity contribution in [3.63, 3.8) is 0 Å². The second kappa shape index (κ2) is 17.3. The van der Waals surface area contributed by atoms with E-state index in [9.17, 15) is 24.3 Å². The predicted octanol–water partition coefficient (Wildman–Crippen LogP) is 6.70. The monoisotopic (exact) mass is 852 g/mol. The normalized spacial score (nSPS) is 30.1. The van der Waals surface area contributed by atoms with Crippen LogP contribution in [0, 0.1) is 17.3 Å². The Morgan fingerprint density at radius 3 is 2.44 bits per heavy atom. The molecule has 334 valence electrons. The summed E-state index contributed by atoms with van der Waals surface area (Å²) in [6, 6.07) is 15.1. The molecule has 3 N–H and O–H groups in total. The van der Waals surface area contributed by atoms with Crippen molar-refractivity contribution >= 4 is 29.8 Å². The van der Waals surface area contributed by atoms with Gasteiger partial charge in [-0.2, -0.15) is 0 Å². The Hall–Kier alpha value is -4.36. The zero-order chi connectivity index (χ0) is 44.0.